The van der Waals surface area contributed by atoms with Gasteiger partial charge in [0.2, 0.25) is 0 Å². The number of ether oxygens (including phenoxy) is 1. The zero-order valence-corrected chi connectivity index (χ0v) is 12.2. The number of methoxy groups -OCH3 is 1. The van der Waals surface area contributed by atoms with Crippen LogP contribution in [-0.2, 0) is 0 Å². The zero-order valence-electron chi connectivity index (χ0n) is 12.2. The number of aliphatic hydroxyl groups excluding tert-OH is 1. The summed E-state index contributed by atoms with van der Waals surface area (Å²) in [6, 6.07) is 5.07. The first-order chi connectivity index (χ1) is 10.2. The summed E-state index contributed by atoms with van der Waals surface area (Å²) in [6.45, 7) is 1.61. The number of benzene rings is 1. The van der Waals surface area contributed by atoms with Crippen LogP contribution in [0.1, 0.15) is 23.2 Å². The predicted molar refractivity (Wildman–Crippen MR) is 78.7 cm³/mol. The topological polar surface area (TPSA) is 82.0 Å². The van der Waals surface area contributed by atoms with Crippen molar-refractivity contribution in [2.45, 2.75) is 18.9 Å². The van der Waals surface area contributed by atoms with Crippen LogP contribution in [0.5, 0.6) is 11.5 Å². The maximum Gasteiger partial charge on any atom is 0.257 e. The molecule has 21 heavy (non-hydrogen) atoms. The predicted octanol–water partition coefficient (Wildman–Crippen LogP) is 0.587. The van der Waals surface area contributed by atoms with Crippen LogP contribution < -0.4 is 10.1 Å². The van der Waals surface area contributed by atoms with Gasteiger partial charge in [-0.3, -0.25) is 4.79 Å². The summed E-state index contributed by atoms with van der Waals surface area (Å²) in [5, 5.41) is 22.6. The van der Waals surface area contributed by atoms with Crippen molar-refractivity contribution in [2.75, 3.05) is 33.4 Å². The first kappa shape index (κ1) is 15.6. The van der Waals surface area contributed by atoms with Crippen molar-refractivity contribution in [1.82, 2.24) is 10.2 Å². The van der Waals surface area contributed by atoms with Crippen molar-refractivity contribution in [1.29, 1.82) is 0 Å². The maximum absolute atomic E-state index is 12.6. The van der Waals surface area contributed by atoms with Crippen LogP contribution >= 0.6 is 0 Å². The molecule has 116 valence electrons. The summed E-state index contributed by atoms with van der Waals surface area (Å²) in [5.41, 5.74) is 0.195. The Morgan fingerprint density at radius 1 is 1.52 bits per heavy atom. The molecule has 1 unspecified atom stereocenters. The molecule has 6 nitrogen and oxygen atoms in total. The Balaban J connectivity index is 2.17. The van der Waals surface area contributed by atoms with E-state index in [1.807, 2.05) is 0 Å². The average Bonchev–Trinajstić information content (AvgIpc) is 2.99. The van der Waals surface area contributed by atoms with Crippen LogP contribution in [0.2, 0.25) is 0 Å². The molecule has 1 aromatic carbocycles. The molecule has 1 aliphatic heterocycles. The van der Waals surface area contributed by atoms with Gasteiger partial charge in [0.25, 0.3) is 5.91 Å². The molecule has 1 amide bonds. The number of phenols is 1. The fourth-order valence-corrected chi connectivity index (χ4v) is 2.60. The Morgan fingerprint density at radius 3 is 2.95 bits per heavy atom. The minimum atomic E-state index is -0.297. The van der Waals surface area contributed by atoms with Crippen molar-refractivity contribution in [3.05, 3.63) is 23.8 Å². The van der Waals surface area contributed by atoms with E-state index in [4.69, 9.17) is 4.74 Å². The maximum atomic E-state index is 12.6. The summed E-state index contributed by atoms with van der Waals surface area (Å²) in [4.78, 5) is 14.1. The minimum absolute atomic E-state index is 0.108. The van der Waals surface area contributed by atoms with E-state index in [9.17, 15) is 15.0 Å². The lowest BCUT2D eigenvalue weighted by Gasteiger charge is -2.25. The van der Waals surface area contributed by atoms with E-state index in [1.54, 1.807) is 23.1 Å². The largest absolute Gasteiger partial charge is 0.504 e. The van der Waals surface area contributed by atoms with Gasteiger partial charge < -0.3 is 25.2 Å². The molecule has 0 radical (unpaired) electrons. The molecule has 0 aromatic heterocycles. The van der Waals surface area contributed by atoms with Gasteiger partial charge in [0.15, 0.2) is 11.5 Å². The number of rotatable bonds is 6. The van der Waals surface area contributed by atoms with Crippen LogP contribution in [0.25, 0.3) is 0 Å². The Morgan fingerprint density at radius 2 is 2.33 bits per heavy atom. The van der Waals surface area contributed by atoms with Gasteiger partial charge in [-0.2, -0.15) is 0 Å². The lowest BCUT2D eigenvalue weighted by molar-refractivity contribution is 0.0703. The Labute approximate surface area is 124 Å². The number of nitrogens with zero attached hydrogens (tertiary/aromatic N) is 1. The van der Waals surface area contributed by atoms with E-state index in [-0.39, 0.29) is 42.2 Å². The number of hydrogen-bond donors (Lipinski definition) is 3. The van der Waals surface area contributed by atoms with E-state index < -0.39 is 0 Å². The number of aromatic hydroxyl groups is 1. The molecule has 0 bridgehead atoms. The number of hydrogen-bond acceptors (Lipinski definition) is 5. The number of carbonyl (C=O) groups excluding carboxylic acids is 1. The average molecular weight is 294 g/mol. The quantitative estimate of drug-likeness (QED) is 0.715. The molecule has 3 N–H and O–H groups in total. The van der Waals surface area contributed by atoms with Crippen LogP contribution in [0.15, 0.2) is 18.2 Å². The summed E-state index contributed by atoms with van der Waals surface area (Å²) in [5.74, 6) is -0.190. The summed E-state index contributed by atoms with van der Waals surface area (Å²) in [6.07, 6.45) is 2.11. The van der Waals surface area contributed by atoms with Crippen molar-refractivity contribution >= 4 is 5.91 Å². The third kappa shape index (κ3) is 3.65. The third-order valence-corrected chi connectivity index (χ3v) is 3.71. The highest BCUT2D eigenvalue weighted by Gasteiger charge is 2.24. The second-order valence-corrected chi connectivity index (χ2v) is 5.12. The van der Waals surface area contributed by atoms with Crippen molar-refractivity contribution in [3.8, 4) is 11.5 Å². The highest BCUT2D eigenvalue weighted by atomic mass is 16.5. The standard InChI is InChI=1S/C15H22N2O4/c1-21-13-6-2-5-12(14(13)19)15(20)17(8-9-18)10-11-4-3-7-16-11/h2,5-6,11,16,18-19H,3-4,7-10H2,1H3. The van der Waals surface area contributed by atoms with Crippen LogP contribution in [0.3, 0.4) is 0 Å². The van der Waals surface area contributed by atoms with Crippen LogP contribution in [0, 0.1) is 0 Å². The number of aliphatic hydroxyl groups is 1. The number of para-hydroxylation sites is 1. The minimum Gasteiger partial charge on any atom is -0.504 e. The number of amides is 1. The molecular formula is C15H22N2O4. The van der Waals surface area contributed by atoms with Crippen LogP contribution in [-0.4, -0.2) is 60.4 Å². The van der Waals surface area contributed by atoms with E-state index >= 15 is 0 Å². The van der Waals surface area contributed by atoms with Gasteiger partial charge in [-0.05, 0) is 31.5 Å². The van der Waals surface area contributed by atoms with Gasteiger partial charge in [0, 0.05) is 19.1 Å². The van der Waals surface area contributed by atoms with Gasteiger partial charge in [0.05, 0.1) is 19.3 Å². The highest BCUT2D eigenvalue weighted by molar-refractivity contribution is 5.97. The SMILES string of the molecule is COc1cccc(C(=O)N(CCO)CC2CCCN2)c1O. The number of carbonyl (C=O) groups is 1. The molecule has 1 heterocycles. The van der Waals surface area contributed by atoms with Gasteiger partial charge >= 0.3 is 0 Å². The highest BCUT2D eigenvalue weighted by Crippen LogP contribution is 2.30. The van der Waals surface area contributed by atoms with Gasteiger partial charge in [-0.15, -0.1) is 0 Å². The smallest absolute Gasteiger partial charge is 0.257 e. The summed E-state index contributed by atoms with van der Waals surface area (Å²) < 4.78 is 5.03. The van der Waals surface area contributed by atoms with Crippen LogP contribution in [0.4, 0.5) is 0 Å². The van der Waals surface area contributed by atoms with E-state index in [1.165, 1.54) is 7.11 Å². The Kier molecular flexibility index (Phi) is 5.41. The van der Waals surface area contributed by atoms with E-state index in [2.05, 4.69) is 5.32 Å². The molecular weight excluding hydrogens is 272 g/mol. The molecule has 1 fully saturated rings. The van der Waals surface area contributed by atoms with E-state index in [0.717, 1.165) is 19.4 Å². The number of nitrogens with one attached hydrogen (secondary N) is 1. The first-order valence-electron chi connectivity index (χ1n) is 7.17. The van der Waals surface area contributed by atoms with Gasteiger partial charge in [-0.1, -0.05) is 6.07 Å². The van der Waals surface area contributed by atoms with Gasteiger partial charge in [0.1, 0.15) is 0 Å². The molecule has 1 aliphatic rings. The third-order valence-electron chi connectivity index (χ3n) is 3.71. The second-order valence-electron chi connectivity index (χ2n) is 5.12. The lowest BCUT2D eigenvalue weighted by Crippen LogP contribution is -2.42. The normalized spacial score (nSPS) is 17.7. The molecule has 1 atom stereocenters. The van der Waals surface area contributed by atoms with Crippen molar-refractivity contribution in [2.24, 2.45) is 0 Å². The van der Waals surface area contributed by atoms with Crippen molar-refractivity contribution < 1.29 is 19.7 Å². The molecule has 1 aromatic rings. The number of phenolic OH excluding ortho intramolecular Hbond substituents is 1. The molecule has 0 aliphatic carbocycles. The second kappa shape index (κ2) is 7.28. The fourth-order valence-electron chi connectivity index (χ4n) is 2.60. The lowest BCUT2D eigenvalue weighted by atomic mass is 10.1. The molecule has 0 saturated carbocycles. The Hall–Kier alpha value is -1.79. The summed E-state index contributed by atoms with van der Waals surface area (Å²) >= 11 is 0. The molecule has 6 heteroatoms. The first-order valence-corrected chi connectivity index (χ1v) is 7.17. The zero-order chi connectivity index (χ0) is 15.2. The molecule has 0 spiro atoms. The molecule has 1 saturated heterocycles. The summed E-state index contributed by atoms with van der Waals surface area (Å²) in [7, 11) is 1.44. The van der Waals surface area contributed by atoms with Gasteiger partial charge in [-0.25, -0.2) is 0 Å². The fraction of sp³-hybridized carbons (Fsp3) is 0.533. The molecule has 2 rings (SSSR count). The Bertz CT molecular complexity index is 487. The van der Waals surface area contributed by atoms with Crippen molar-refractivity contribution in [3.63, 3.8) is 0 Å². The van der Waals surface area contributed by atoms with E-state index in [0.29, 0.717) is 6.54 Å². The monoisotopic (exact) mass is 294 g/mol.